The van der Waals surface area contributed by atoms with Crippen LogP contribution in [0, 0.1) is 5.92 Å². The number of hydrogen-bond donors (Lipinski definition) is 1. The standard InChI is InChI=1S/C20H38N2/c1-10-11-12-13-20(8,9)17-16(19(5,6)7)21-18(22-17)15(4)14(2)3/h14-15H,10-13H2,1-9H3,(H,21,22). The predicted molar refractivity (Wildman–Crippen MR) is 97.7 cm³/mol. The molecule has 0 saturated carbocycles. The van der Waals surface area contributed by atoms with E-state index in [9.17, 15) is 0 Å². The van der Waals surface area contributed by atoms with Crippen molar-refractivity contribution in [3.63, 3.8) is 0 Å². The molecule has 0 aliphatic rings. The normalized spacial score (nSPS) is 14.6. The first-order valence-electron chi connectivity index (χ1n) is 9.11. The Morgan fingerprint density at radius 3 is 2.05 bits per heavy atom. The number of aromatic nitrogens is 2. The molecular weight excluding hydrogens is 268 g/mol. The summed E-state index contributed by atoms with van der Waals surface area (Å²) in [7, 11) is 0. The van der Waals surface area contributed by atoms with Crippen LogP contribution in [0.3, 0.4) is 0 Å². The highest BCUT2D eigenvalue weighted by Crippen LogP contribution is 2.37. The minimum absolute atomic E-state index is 0.110. The molecule has 0 spiro atoms. The number of hydrogen-bond acceptors (Lipinski definition) is 1. The summed E-state index contributed by atoms with van der Waals surface area (Å²) in [5.41, 5.74) is 2.87. The van der Waals surface area contributed by atoms with Gasteiger partial charge in [0.15, 0.2) is 0 Å². The number of unbranched alkanes of at least 4 members (excludes halogenated alkanes) is 2. The highest BCUT2D eigenvalue weighted by Gasteiger charge is 2.33. The molecule has 1 atom stereocenters. The van der Waals surface area contributed by atoms with Gasteiger partial charge < -0.3 is 4.98 Å². The zero-order valence-corrected chi connectivity index (χ0v) is 16.4. The number of H-pyrrole nitrogens is 1. The monoisotopic (exact) mass is 306 g/mol. The molecule has 0 aromatic carbocycles. The van der Waals surface area contributed by atoms with Crippen LogP contribution in [0.5, 0.6) is 0 Å². The SMILES string of the molecule is CCCCCC(C)(C)c1nc(C(C)C(C)C)[nH]c1C(C)(C)C. The molecule has 1 unspecified atom stereocenters. The molecule has 1 heterocycles. The van der Waals surface area contributed by atoms with E-state index < -0.39 is 0 Å². The lowest BCUT2D eigenvalue weighted by Gasteiger charge is -2.28. The van der Waals surface area contributed by atoms with Crippen molar-refractivity contribution in [2.45, 2.75) is 105 Å². The average Bonchev–Trinajstić information content (AvgIpc) is 2.83. The van der Waals surface area contributed by atoms with Crippen LogP contribution in [0.1, 0.15) is 111 Å². The minimum Gasteiger partial charge on any atom is -0.345 e. The second-order valence-electron chi connectivity index (χ2n) is 8.97. The minimum atomic E-state index is 0.110. The van der Waals surface area contributed by atoms with Gasteiger partial charge in [-0.25, -0.2) is 4.98 Å². The van der Waals surface area contributed by atoms with Crippen LogP contribution in [-0.2, 0) is 10.8 Å². The predicted octanol–water partition coefficient (Wildman–Crippen LogP) is 6.32. The average molecular weight is 307 g/mol. The Kier molecular flexibility index (Phi) is 6.29. The van der Waals surface area contributed by atoms with Crippen LogP contribution in [0.25, 0.3) is 0 Å². The summed E-state index contributed by atoms with van der Waals surface area (Å²) >= 11 is 0. The van der Waals surface area contributed by atoms with Gasteiger partial charge in [-0.05, 0) is 12.3 Å². The maximum atomic E-state index is 5.09. The van der Waals surface area contributed by atoms with Crippen LogP contribution in [0.4, 0.5) is 0 Å². The number of rotatable bonds is 7. The van der Waals surface area contributed by atoms with E-state index in [1.165, 1.54) is 42.9 Å². The zero-order chi connectivity index (χ0) is 17.1. The fraction of sp³-hybridized carbons (Fsp3) is 0.850. The van der Waals surface area contributed by atoms with Crippen molar-refractivity contribution in [1.29, 1.82) is 0 Å². The van der Waals surface area contributed by atoms with Crippen LogP contribution >= 0.6 is 0 Å². The highest BCUT2D eigenvalue weighted by molar-refractivity contribution is 5.29. The summed E-state index contributed by atoms with van der Waals surface area (Å²) in [4.78, 5) is 8.78. The van der Waals surface area contributed by atoms with E-state index in [0.29, 0.717) is 11.8 Å². The topological polar surface area (TPSA) is 28.7 Å². The lowest BCUT2D eigenvalue weighted by molar-refractivity contribution is 0.424. The first kappa shape index (κ1) is 19.3. The molecule has 22 heavy (non-hydrogen) atoms. The molecule has 0 saturated heterocycles. The van der Waals surface area contributed by atoms with Crippen LogP contribution in [-0.4, -0.2) is 9.97 Å². The summed E-state index contributed by atoms with van der Waals surface area (Å²) in [6.07, 6.45) is 5.09. The van der Waals surface area contributed by atoms with Crippen molar-refractivity contribution < 1.29 is 0 Å². The first-order valence-corrected chi connectivity index (χ1v) is 9.11. The third-order valence-electron chi connectivity index (χ3n) is 4.95. The Bertz CT molecular complexity index is 461. The van der Waals surface area contributed by atoms with E-state index in [4.69, 9.17) is 4.98 Å². The van der Waals surface area contributed by atoms with Crippen molar-refractivity contribution in [3.8, 4) is 0 Å². The molecule has 0 aliphatic carbocycles. The summed E-state index contributed by atoms with van der Waals surface area (Å²) in [5.74, 6) is 2.25. The molecule has 0 radical (unpaired) electrons. The molecule has 1 rings (SSSR count). The third kappa shape index (κ3) is 4.60. The van der Waals surface area contributed by atoms with Crippen molar-refractivity contribution in [2.24, 2.45) is 5.92 Å². The number of nitrogens with zero attached hydrogens (tertiary/aromatic N) is 1. The quantitative estimate of drug-likeness (QED) is 0.586. The lowest BCUT2D eigenvalue weighted by Crippen LogP contribution is -2.24. The molecule has 1 N–H and O–H groups in total. The summed E-state index contributed by atoms with van der Waals surface area (Å²) in [6, 6.07) is 0. The van der Waals surface area contributed by atoms with Crippen molar-refractivity contribution in [1.82, 2.24) is 9.97 Å². The molecular formula is C20H38N2. The van der Waals surface area contributed by atoms with Gasteiger partial charge in [0.05, 0.1) is 5.69 Å². The zero-order valence-electron chi connectivity index (χ0n) is 16.4. The maximum absolute atomic E-state index is 5.09. The summed E-state index contributed by atoms with van der Waals surface area (Å²) in [5, 5.41) is 0. The number of aromatic amines is 1. The third-order valence-corrected chi connectivity index (χ3v) is 4.95. The van der Waals surface area contributed by atoms with E-state index >= 15 is 0 Å². The fourth-order valence-corrected chi connectivity index (χ4v) is 2.89. The molecule has 0 aliphatic heterocycles. The number of imidazole rings is 1. The summed E-state index contributed by atoms with van der Waals surface area (Å²) < 4.78 is 0. The van der Waals surface area contributed by atoms with Gasteiger partial charge in [0, 0.05) is 22.4 Å². The van der Waals surface area contributed by atoms with Gasteiger partial charge in [-0.1, -0.05) is 81.6 Å². The molecule has 1 aromatic rings. The second kappa shape index (κ2) is 7.19. The second-order valence-corrected chi connectivity index (χ2v) is 8.97. The molecule has 128 valence electrons. The Hall–Kier alpha value is -0.790. The van der Waals surface area contributed by atoms with Gasteiger partial charge in [-0.3, -0.25) is 0 Å². The lowest BCUT2D eigenvalue weighted by atomic mass is 9.78. The van der Waals surface area contributed by atoms with E-state index in [-0.39, 0.29) is 10.8 Å². The van der Waals surface area contributed by atoms with Gasteiger partial charge in [-0.15, -0.1) is 0 Å². The van der Waals surface area contributed by atoms with Gasteiger partial charge in [-0.2, -0.15) is 0 Å². The smallest absolute Gasteiger partial charge is 0.109 e. The van der Waals surface area contributed by atoms with Gasteiger partial charge in [0.2, 0.25) is 0 Å². The van der Waals surface area contributed by atoms with E-state index in [1.54, 1.807) is 0 Å². The van der Waals surface area contributed by atoms with Crippen LogP contribution < -0.4 is 0 Å². The molecule has 2 heteroatoms. The van der Waals surface area contributed by atoms with E-state index in [1.807, 2.05) is 0 Å². The largest absolute Gasteiger partial charge is 0.345 e. The van der Waals surface area contributed by atoms with Crippen molar-refractivity contribution in [3.05, 3.63) is 17.2 Å². The van der Waals surface area contributed by atoms with Crippen LogP contribution in [0.15, 0.2) is 0 Å². The first-order chi connectivity index (χ1) is 10.0. The van der Waals surface area contributed by atoms with E-state index in [0.717, 1.165) is 0 Å². The molecule has 0 bridgehead atoms. The van der Waals surface area contributed by atoms with Gasteiger partial charge in [0.1, 0.15) is 5.82 Å². The number of nitrogens with one attached hydrogen (secondary N) is 1. The molecule has 0 fully saturated rings. The molecule has 2 nitrogen and oxygen atoms in total. The van der Waals surface area contributed by atoms with Gasteiger partial charge in [0.25, 0.3) is 0 Å². The van der Waals surface area contributed by atoms with Crippen molar-refractivity contribution >= 4 is 0 Å². The Morgan fingerprint density at radius 1 is 1.00 bits per heavy atom. The molecule has 1 aromatic heterocycles. The summed E-state index contributed by atoms with van der Waals surface area (Å²) in [6.45, 7) is 20.7. The molecule has 0 amide bonds. The Morgan fingerprint density at radius 2 is 1.59 bits per heavy atom. The van der Waals surface area contributed by atoms with Crippen molar-refractivity contribution in [2.75, 3.05) is 0 Å². The van der Waals surface area contributed by atoms with Gasteiger partial charge >= 0.3 is 0 Å². The Balaban J connectivity index is 3.20. The fourth-order valence-electron chi connectivity index (χ4n) is 2.89. The maximum Gasteiger partial charge on any atom is 0.109 e. The van der Waals surface area contributed by atoms with E-state index in [2.05, 4.69) is 67.3 Å². The Labute approximate surface area is 138 Å². The highest BCUT2D eigenvalue weighted by atomic mass is 15.0. The van der Waals surface area contributed by atoms with Crippen LogP contribution in [0.2, 0.25) is 0 Å².